The van der Waals surface area contributed by atoms with Crippen LogP contribution in [0.3, 0.4) is 0 Å². The first-order chi connectivity index (χ1) is 6.65. The highest BCUT2D eigenvalue weighted by Crippen LogP contribution is 2.18. The average Bonchev–Trinajstić information content (AvgIpc) is 2.18. The van der Waals surface area contributed by atoms with Crippen LogP contribution in [0.4, 0.5) is 0 Å². The fourth-order valence-corrected chi connectivity index (χ4v) is 1.45. The number of nitriles is 1. The van der Waals surface area contributed by atoms with Crippen molar-refractivity contribution in [1.29, 1.82) is 5.26 Å². The zero-order chi connectivity index (χ0) is 10.6. The molecule has 0 saturated heterocycles. The number of hydrogen-bond acceptors (Lipinski definition) is 3. The molecule has 0 fully saturated rings. The minimum Gasteiger partial charge on any atom is -0.294 e. The van der Waals surface area contributed by atoms with Crippen LogP contribution in [0, 0.1) is 16.6 Å². The van der Waals surface area contributed by atoms with Crippen molar-refractivity contribution in [1.82, 2.24) is 0 Å². The highest BCUT2D eigenvalue weighted by atomic mass is 32.2. The van der Waals surface area contributed by atoms with Crippen LogP contribution in [0.2, 0.25) is 0 Å². The number of nitrogens with zero attached hydrogens (tertiary/aromatic N) is 1. The maximum absolute atomic E-state index is 11.5. The summed E-state index contributed by atoms with van der Waals surface area (Å²) >= 11 is 1.10. The molecule has 0 aliphatic heterocycles. The van der Waals surface area contributed by atoms with Crippen LogP contribution in [-0.4, -0.2) is 5.78 Å². The molecule has 0 spiro atoms. The highest BCUT2D eigenvalue weighted by Gasteiger charge is 2.09. The molecule has 3 heteroatoms. The molecular weight excluding hydrogens is 194 g/mol. The molecule has 0 saturated carbocycles. The molecule has 0 aliphatic rings. The van der Waals surface area contributed by atoms with Gasteiger partial charge >= 0.3 is 0 Å². The summed E-state index contributed by atoms with van der Waals surface area (Å²) in [4.78, 5) is 12.4. The van der Waals surface area contributed by atoms with E-state index in [9.17, 15) is 4.79 Å². The zero-order valence-electron chi connectivity index (χ0n) is 8.15. The lowest BCUT2D eigenvalue weighted by molar-refractivity contribution is 0.0939. The molecule has 14 heavy (non-hydrogen) atoms. The van der Waals surface area contributed by atoms with Gasteiger partial charge in [-0.15, -0.1) is 0 Å². The second-order valence-corrected chi connectivity index (χ2v) is 4.09. The Morgan fingerprint density at radius 2 is 1.93 bits per heavy atom. The Hall–Kier alpha value is -1.27. The van der Waals surface area contributed by atoms with Gasteiger partial charge in [0, 0.05) is 16.4 Å². The molecule has 0 N–H and O–H groups in total. The summed E-state index contributed by atoms with van der Waals surface area (Å²) in [6.45, 7) is 3.75. The Bertz CT molecular complexity index is 362. The number of hydrogen-bond donors (Lipinski definition) is 0. The second-order valence-electron chi connectivity index (χ2n) is 3.24. The fourth-order valence-electron chi connectivity index (χ4n) is 1.07. The van der Waals surface area contributed by atoms with Crippen LogP contribution >= 0.6 is 11.8 Å². The maximum atomic E-state index is 11.5. The van der Waals surface area contributed by atoms with Gasteiger partial charge in [-0.05, 0) is 23.9 Å². The van der Waals surface area contributed by atoms with Crippen molar-refractivity contribution < 1.29 is 4.79 Å². The smallest absolute Gasteiger partial charge is 0.165 e. The lowest BCUT2D eigenvalue weighted by Gasteiger charge is -2.03. The molecule has 1 rings (SSSR count). The molecule has 0 bridgehead atoms. The summed E-state index contributed by atoms with van der Waals surface area (Å²) in [5.74, 6) is 0.156. The van der Waals surface area contributed by atoms with Crippen LogP contribution < -0.4 is 0 Å². The zero-order valence-corrected chi connectivity index (χ0v) is 8.97. The van der Waals surface area contributed by atoms with Crippen molar-refractivity contribution >= 4 is 17.5 Å². The third-order valence-corrected chi connectivity index (χ3v) is 2.43. The van der Waals surface area contributed by atoms with Gasteiger partial charge in [-0.1, -0.05) is 26.0 Å². The molecule has 0 unspecified atom stereocenters. The first-order valence-corrected chi connectivity index (χ1v) is 5.17. The molecule has 0 aromatic heterocycles. The van der Waals surface area contributed by atoms with Gasteiger partial charge in [0.25, 0.3) is 0 Å². The largest absolute Gasteiger partial charge is 0.294 e. The maximum Gasteiger partial charge on any atom is 0.165 e. The monoisotopic (exact) mass is 205 g/mol. The Labute approximate surface area is 87.9 Å². The van der Waals surface area contributed by atoms with E-state index in [-0.39, 0.29) is 11.7 Å². The third kappa shape index (κ3) is 2.61. The van der Waals surface area contributed by atoms with Gasteiger partial charge in [0.2, 0.25) is 0 Å². The number of rotatable bonds is 3. The van der Waals surface area contributed by atoms with Gasteiger partial charge in [-0.3, -0.25) is 4.79 Å². The SMILES string of the molecule is CC(C)C(=O)c1ccc(SC#N)cc1. The van der Waals surface area contributed by atoms with E-state index in [1.54, 1.807) is 24.3 Å². The van der Waals surface area contributed by atoms with Gasteiger partial charge < -0.3 is 0 Å². The number of benzene rings is 1. The number of Topliss-reactive ketones (excluding diaryl/α,β-unsaturated/α-hetero) is 1. The minimum atomic E-state index is 0.0180. The van der Waals surface area contributed by atoms with Crippen molar-refractivity contribution in [3.8, 4) is 5.40 Å². The van der Waals surface area contributed by atoms with Gasteiger partial charge in [0.05, 0.1) is 0 Å². The van der Waals surface area contributed by atoms with Gasteiger partial charge in [-0.2, -0.15) is 5.26 Å². The molecule has 0 amide bonds. The van der Waals surface area contributed by atoms with Gasteiger partial charge in [0.15, 0.2) is 5.78 Å². The van der Waals surface area contributed by atoms with E-state index in [1.165, 1.54) is 0 Å². The predicted octanol–water partition coefficient (Wildman–Crippen LogP) is 3.10. The molecule has 1 aromatic carbocycles. The molecule has 0 aliphatic carbocycles. The quantitative estimate of drug-likeness (QED) is 0.432. The number of ketones is 1. The van der Waals surface area contributed by atoms with E-state index >= 15 is 0 Å². The first kappa shape index (κ1) is 10.8. The lowest BCUT2D eigenvalue weighted by atomic mass is 10.0. The van der Waals surface area contributed by atoms with Crippen LogP contribution in [-0.2, 0) is 0 Å². The molecule has 72 valence electrons. The molecule has 0 atom stereocenters. The van der Waals surface area contributed by atoms with E-state index in [4.69, 9.17) is 5.26 Å². The Morgan fingerprint density at radius 1 is 1.36 bits per heavy atom. The predicted molar refractivity (Wildman–Crippen MR) is 57.1 cm³/mol. The van der Waals surface area contributed by atoms with E-state index in [0.29, 0.717) is 5.56 Å². The molecule has 0 radical (unpaired) electrons. The fraction of sp³-hybridized carbons (Fsp3) is 0.273. The van der Waals surface area contributed by atoms with Gasteiger partial charge in [-0.25, -0.2) is 0 Å². The van der Waals surface area contributed by atoms with Crippen LogP contribution in [0.5, 0.6) is 0 Å². The van der Waals surface area contributed by atoms with Crippen molar-refractivity contribution in [2.45, 2.75) is 18.7 Å². The normalized spacial score (nSPS) is 9.86. The Balaban J connectivity index is 2.84. The van der Waals surface area contributed by atoms with Gasteiger partial charge in [0.1, 0.15) is 5.40 Å². The number of thiocyanates is 1. The number of thioether (sulfide) groups is 1. The molecular formula is C11H11NOS. The summed E-state index contributed by atoms with van der Waals surface area (Å²) in [6, 6.07) is 7.12. The summed E-state index contributed by atoms with van der Waals surface area (Å²) in [6.07, 6.45) is 0. The third-order valence-electron chi connectivity index (χ3n) is 1.83. The first-order valence-electron chi connectivity index (χ1n) is 4.35. The van der Waals surface area contributed by atoms with E-state index < -0.39 is 0 Å². The second kappa shape index (κ2) is 4.83. The Kier molecular flexibility index (Phi) is 3.73. The van der Waals surface area contributed by atoms with Crippen LogP contribution in [0.15, 0.2) is 29.2 Å². The van der Waals surface area contributed by atoms with Crippen molar-refractivity contribution in [3.63, 3.8) is 0 Å². The Morgan fingerprint density at radius 3 is 2.36 bits per heavy atom. The van der Waals surface area contributed by atoms with Crippen LogP contribution in [0.25, 0.3) is 0 Å². The minimum absolute atomic E-state index is 0.0180. The summed E-state index contributed by atoms with van der Waals surface area (Å²) in [5, 5.41) is 10.4. The highest BCUT2D eigenvalue weighted by molar-refractivity contribution is 8.03. The molecule has 1 aromatic rings. The summed E-state index contributed by atoms with van der Waals surface area (Å²) in [5.41, 5.74) is 0.710. The van der Waals surface area contributed by atoms with Crippen molar-refractivity contribution in [3.05, 3.63) is 29.8 Å². The van der Waals surface area contributed by atoms with Crippen LogP contribution in [0.1, 0.15) is 24.2 Å². The number of carbonyl (C=O) groups excluding carboxylic acids is 1. The summed E-state index contributed by atoms with van der Waals surface area (Å²) < 4.78 is 0. The van der Waals surface area contributed by atoms with E-state index in [0.717, 1.165) is 16.7 Å². The molecule has 2 nitrogen and oxygen atoms in total. The van der Waals surface area contributed by atoms with E-state index in [1.807, 2.05) is 19.2 Å². The molecule has 0 heterocycles. The van der Waals surface area contributed by atoms with E-state index in [2.05, 4.69) is 0 Å². The summed E-state index contributed by atoms with van der Waals surface area (Å²) in [7, 11) is 0. The number of carbonyl (C=O) groups is 1. The average molecular weight is 205 g/mol. The topological polar surface area (TPSA) is 40.9 Å². The van der Waals surface area contributed by atoms with Crippen molar-refractivity contribution in [2.75, 3.05) is 0 Å². The van der Waals surface area contributed by atoms with Crippen molar-refractivity contribution in [2.24, 2.45) is 5.92 Å². The lowest BCUT2D eigenvalue weighted by Crippen LogP contribution is -2.06. The standard InChI is InChI=1S/C11H11NOS/c1-8(2)11(13)9-3-5-10(6-4-9)14-7-12/h3-6,8H,1-2H3.